The second kappa shape index (κ2) is 5.16. The maximum absolute atomic E-state index is 4.59. The highest BCUT2D eigenvalue weighted by atomic mass is 79.9. The van der Waals surface area contributed by atoms with Gasteiger partial charge in [-0.25, -0.2) is 4.98 Å². The molecule has 18 heavy (non-hydrogen) atoms. The van der Waals surface area contributed by atoms with Crippen molar-refractivity contribution in [1.82, 2.24) is 25.5 Å². The molecule has 0 aliphatic carbocycles. The highest BCUT2D eigenvalue weighted by molar-refractivity contribution is 9.10. The molecule has 0 unspecified atom stereocenters. The lowest BCUT2D eigenvalue weighted by molar-refractivity contribution is 0.446. The van der Waals surface area contributed by atoms with Crippen LogP contribution in [0.4, 0.5) is 0 Å². The largest absolute Gasteiger partial charge is 0.317 e. The Morgan fingerprint density at radius 1 is 1.22 bits per heavy atom. The molecule has 0 atom stereocenters. The van der Waals surface area contributed by atoms with E-state index in [-0.39, 0.29) is 0 Å². The van der Waals surface area contributed by atoms with Gasteiger partial charge in [-0.05, 0) is 47.9 Å². The van der Waals surface area contributed by atoms with Crippen LogP contribution in [0, 0.1) is 0 Å². The van der Waals surface area contributed by atoms with Crippen molar-refractivity contribution in [2.45, 2.75) is 18.8 Å². The van der Waals surface area contributed by atoms with Gasteiger partial charge in [-0.3, -0.25) is 10.1 Å². The molecule has 1 aliphatic rings. The first-order valence-electron chi connectivity index (χ1n) is 6.07. The molecular formula is C12H14BrN5. The van der Waals surface area contributed by atoms with Gasteiger partial charge in [-0.2, -0.15) is 5.10 Å². The zero-order valence-corrected chi connectivity index (χ0v) is 11.4. The van der Waals surface area contributed by atoms with Crippen LogP contribution in [-0.4, -0.2) is 33.3 Å². The molecule has 0 bridgehead atoms. The van der Waals surface area contributed by atoms with Gasteiger partial charge in [0.2, 0.25) is 0 Å². The maximum atomic E-state index is 4.59. The van der Waals surface area contributed by atoms with E-state index in [4.69, 9.17) is 0 Å². The third-order valence-corrected chi connectivity index (χ3v) is 3.63. The van der Waals surface area contributed by atoms with Crippen LogP contribution in [0.2, 0.25) is 0 Å². The van der Waals surface area contributed by atoms with Gasteiger partial charge in [-0.1, -0.05) is 0 Å². The second-order valence-electron chi connectivity index (χ2n) is 4.46. The third kappa shape index (κ3) is 2.44. The predicted molar refractivity (Wildman–Crippen MR) is 72.2 cm³/mol. The van der Waals surface area contributed by atoms with Crippen LogP contribution >= 0.6 is 15.9 Å². The van der Waals surface area contributed by atoms with Gasteiger partial charge < -0.3 is 5.32 Å². The Morgan fingerprint density at radius 2 is 2.06 bits per heavy atom. The molecule has 1 saturated heterocycles. The number of H-pyrrole nitrogens is 1. The first kappa shape index (κ1) is 11.8. The van der Waals surface area contributed by atoms with E-state index >= 15 is 0 Å². The minimum absolute atomic E-state index is 0.493. The fourth-order valence-electron chi connectivity index (χ4n) is 2.22. The first-order valence-corrected chi connectivity index (χ1v) is 6.86. The number of piperidine rings is 1. The minimum Gasteiger partial charge on any atom is -0.317 e. The van der Waals surface area contributed by atoms with E-state index in [9.17, 15) is 0 Å². The lowest BCUT2D eigenvalue weighted by atomic mass is 9.98. The van der Waals surface area contributed by atoms with E-state index in [1.165, 1.54) is 0 Å². The van der Waals surface area contributed by atoms with Crippen LogP contribution < -0.4 is 5.32 Å². The topological polar surface area (TPSA) is 66.5 Å². The molecular weight excluding hydrogens is 294 g/mol. The number of aromatic nitrogens is 4. The monoisotopic (exact) mass is 307 g/mol. The zero-order valence-electron chi connectivity index (χ0n) is 9.86. The average Bonchev–Trinajstić information content (AvgIpc) is 2.89. The minimum atomic E-state index is 0.493. The van der Waals surface area contributed by atoms with Gasteiger partial charge in [0.1, 0.15) is 5.82 Å². The number of hydrogen-bond acceptors (Lipinski definition) is 4. The van der Waals surface area contributed by atoms with Gasteiger partial charge in [0, 0.05) is 28.3 Å². The average molecular weight is 308 g/mol. The molecule has 2 aromatic heterocycles. The highest BCUT2D eigenvalue weighted by Gasteiger charge is 2.19. The van der Waals surface area contributed by atoms with E-state index in [1.807, 2.05) is 6.07 Å². The van der Waals surface area contributed by atoms with Crippen molar-refractivity contribution in [1.29, 1.82) is 0 Å². The van der Waals surface area contributed by atoms with Gasteiger partial charge in [0.25, 0.3) is 0 Å². The Balaban J connectivity index is 1.84. The summed E-state index contributed by atoms with van der Waals surface area (Å²) < 4.78 is 0.938. The summed E-state index contributed by atoms with van der Waals surface area (Å²) in [6.45, 7) is 2.11. The van der Waals surface area contributed by atoms with Crippen molar-refractivity contribution in [3.63, 3.8) is 0 Å². The molecule has 0 amide bonds. The number of nitrogens with one attached hydrogen (secondary N) is 2. The van der Waals surface area contributed by atoms with E-state index in [2.05, 4.69) is 41.4 Å². The molecule has 0 radical (unpaired) electrons. The lowest BCUT2D eigenvalue weighted by Crippen LogP contribution is -2.27. The van der Waals surface area contributed by atoms with Crippen LogP contribution in [0.15, 0.2) is 22.9 Å². The van der Waals surface area contributed by atoms with Crippen molar-refractivity contribution in [2.24, 2.45) is 0 Å². The summed E-state index contributed by atoms with van der Waals surface area (Å²) in [5, 5.41) is 10.7. The quantitative estimate of drug-likeness (QED) is 0.891. The number of pyridine rings is 1. The Kier molecular flexibility index (Phi) is 3.38. The number of rotatable bonds is 2. The number of halogens is 1. The van der Waals surface area contributed by atoms with Gasteiger partial charge in [0.15, 0.2) is 5.82 Å². The van der Waals surface area contributed by atoms with Crippen LogP contribution in [0.25, 0.3) is 11.4 Å². The predicted octanol–water partition coefficient (Wildman–Crippen LogP) is 2.10. The number of hydrogen-bond donors (Lipinski definition) is 2. The Hall–Kier alpha value is -1.27. The summed E-state index contributed by atoms with van der Waals surface area (Å²) >= 11 is 3.41. The summed E-state index contributed by atoms with van der Waals surface area (Å²) in [6.07, 6.45) is 5.76. The Bertz CT molecular complexity index is 533. The Morgan fingerprint density at radius 3 is 2.83 bits per heavy atom. The molecule has 0 saturated carbocycles. The molecule has 0 spiro atoms. The van der Waals surface area contributed by atoms with Crippen LogP contribution in [0.5, 0.6) is 0 Å². The molecule has 94 valence electrons. The highest BCUT2D eigenvalue weighted by Crippen LogP contribution is 2.24. The number of nitrogens with zero attached hydrogens (tertiary/aromatic N) is 3. The lowest BCUT2D eigenvalue weighted by Gasteiger charge is -2.19. The van der Waals surface area contributed by atoms with Gasteiger partial charge >= 0.3 is 0 Å². The van der Waals surface area contributed by atoms with Crippen LogP contribution in [0.1, 0.15) is 24.6 Å². The summed E-state index contributed by atoms with van der Waals surface area (Å²) in [7, 11) is 0. The van der Waals surface area contributed by atoms with Crippen molar-refractivity contribution in [3.05, 3.63) is 28.8 Å². The van der Waals surface area contributed by atoms with Gasteiger partial charge in [0.05, 0.1) is 0 Å². The SMILES string of the molecule is Brc1cncc(-c2n[nH]c(C3CCNCC3)n2)c1. The molecule has 3 heterocycles. The van der Waals surface area contributed by atoms with E-state index in [1.54, 1.807) is 12.4 Å². The van der Waals surface area contributed by atoms with E-state index < -0.39 is 0 Å². The summed E-state index contributed by atoms with van der Waals surface area (Å²) in [6, 6.07) is 1.97. The molecule has 1 fully saturated rings. The summed E-state index contributed by atoms with van der Waals surface area (Å²) in [5.74, 6) is 2.21. The normalized spacial score (nSPS) is 16.9. The van der Waals surface area contributed by atoms with Crippen LogP contribution in [-0.2, 0) is 0 Å². The standard InChI is InChI=1S/C12H14BrN5/c13-10-5-9(6-15-7-10)12-16-11(17-18-12)8-1-3-14-4-2-8/h5-8,14H,1-4H2,(H,16,17,18). The fourth-order valence-corrected chi connectivity index (χ4v) is 2.58. The fraction of sp³-hybridized carbons (Fsp3) is 0.417. The molecule has 5 nitrogen and oxygen atoms in total. The maximum Gasteiger partial charge on any atom is 0.182 e. The molecule has 0 aromatic carbocycles. The van der Waals surface area contributed by atoms with Crippen molar-refractivity contribution in [3.8, 4) is 11.4 Å². The van der Waals surface area contributed by atoms with E-state index in [0.717, 1.165) is 47.6 Å². The third-order valence-electron chi connectivity index (χ3n) is 3.19. The molecule has 3 rings (SSSR count). The van der Waals surface area contributed by atoms with Crippen molar-refractivity contribution < 1.29 is 0 Å². The van der Waals surface area contributed by atoms with Crippen molar-refractivity contribution >= 4 is 15.9 Å². The Labute approximate surface area is 114 Å². The summed E-state index contributed by atoms with van der Waals surface area (Å²) in [5.41, 5.74) is 0.931. The van der Waals surface area contributed by atoms with E-state index in [0.29, 0.717) is 5.92 Å². The zero-order chi connectivity index (χ0) is 12.4. The second-order valence-corrected chi connectivity index (χ2v) is 5.38. The number of aromatic amines is 1. The van der Waals surface area contributed by atoms with Crippen molar-refractivity contribution in [2.75, 3.05) is 13.1 Å². The van der Waals surface area contributed by atoms with Crippen LogP contribution in [0.3, 0.4) is 0 Å². The first-order chi connectivity index (χ1) is 8.83. The van der Waals surface area contributed by atoms with Gasteiger partial charge in [-0.15, -0.1) is 0 Å². The molecule has 6 heteroatoms. The molecule has 2 aromatic rings. The smallest absolute Gasteiger partial charge is 0.182 e. The molecule has 1 aliphatic heterocycles. The summed E-state index contributed by atoms with van der Waals surface area (Å²) in [4.78, 5) is 8.72. The molecule has 2 N–H and O–H groups in total.